The lowest BCUT2D eigenvalue weighted by Gasteiger charge is -2.10. The number of aromatic nitrogens is 1. The van der Waals surface area contributed by atoms with Gasteiger partial charge in [0.25, 0.3) is 0 Å². The number of rotatable bonds is 2. The molecule has 3 nitrogen and oxygen atoms in total. The number of esters is 1. The molecule has 3 rings (SSSR count). The maximum absolute atomic E-state index is 11.7. The molecule has 1 saturated carbocycles. The molecule has 0 atom stereocenters. The minimum Gasteiger partial charge on any atom is -0.465 e. The van der Waals surface area contributed by atoms with Crippen LogP contribution in [0.25, 0.3) is 10.9 Å². The molecule has 0 bridgehead atoms. The third-order valence-electron chi connectivity index (χ3n) is 4.73. The first-order valence-corrected chi connectivity index (χ1v) is 7.30. The highest BCUT2D eigenvalue weighted by Crippen LogP contribution is 2.40. The summed E-state index contributed by atoms with van der Waals surface area (Å²) >= 11 is 0. The van der Waals surface area contributed by atoms with Crippen LogP contribution in [-0.2, 0) is 11.8 Å². The first-order chi connectivity index (χ1) is 9.63. The van der Waals surface area contributed by atoms with Gasteiger partial charge in [-0.1, -0.05) is 18.9 Å². The SMILES string of the molecule is COC(=O)c1ccc2c(C3CCCC3)c(C)n(C)c2c1. The van der Waals surface area contributed by atoms with Crippen molar-refractivity contribution in [2.75, 3.05) is 7.11 Å². The van der Waals surface area contributed by atoms with Crippen LogP contribution in [0.15, 0.2) is 18.2 Å². The molecule has 1 heterocycles. The van der Waals surface area contributed by atoms with Crippen LogP contribution in [0.4, 0.5) is 0 Å². The van der Waals surface area contributed by atoms with E-state index in [2.05, 4.69) is 24.6 Å². The average molecular weight is 271 g/mol. The second-order valence-electron chi connectivity index (χ2n) is 5.76. The molecule has 0 amide bonds. The Balaban J connectivity index is 2.17. The molecule has 20 heavy (non-hydrogen) atoms. The zero-order valence-corrected chi connectivity index (χ0v) is 12.4. The van der Waals surface area contributed by atoms with E-state index in [1.165, 1.54) is 49.4 Å². The fourth-order valence-corrected chi connectivity index (χ4v) is 3.57. The first-order valence-electron chi connectivity index (χ1n) is 7.30. The molecule has 0 spiro atoms. The van der Waals surface area contributed by atoms with E-state index in [9.17, 15) is 4.79 Å². The highest BCUT2D eigenvalue weighted by Gasteiger charge is 2.24. The molecule has 1 aliphatic carbocycles. The van der Waals surface area contributed by atoms with Crippen LogP contribution in [-0.4, -0.2) is 17.6 Å². The molecule has 0 saturated heterocycles. The smallest absolute Gasteiger partial charge is 0.337 e. The minimum atomic E-state index is -0.270. The van der Waals surface area contributed by atoms with Crippen LogP contribution in [0.5, 0.6) is 0 Å². The Bertz CT molecular complexity index is 663. The number of carbonyl (C=O) groups is 1. The number of fused-ring (bicyclic) bond motifs is 1. The number of carbonyl (C=O) groups excluding carboxylic acids is 1. The number of methoxy groups -OCH3 is 1. The number of hydrogen-bond donors (Lipinski definition) is 0. The molecule has 0 N–H and O–H groups in total. The third-order valence-corrected chi connectivity index (χ3v) is 4.73. The zero-order chi connectivity index (χ0) is 14.3. The van der Waals surface area contributed by atoms with Gasteiger partial charge < -0.3 is 9.30 Å². The van der Waals surface area contributed by atoms with Crippen molar-refractivity contribution in [1.82, 2.24) is 4.57 Å². The Kier molecular flexibility index (Phi) is 3.28. The Morgan fingerprint density at radius 3 is 2.65 bits per heavy atom. The van der Waals surface area contributed by atoms with E-state index >= 15 is 0 Å². The van der Waals surface area contributed by atoms with Gasteiger partial charge in [0.05, 0.1) is 12.7 Å². The summed E-state index contributed by atoms with van der Waals surface area (Å²) in [6, 6.07) is 5.92. The van der Waals surface area contributed by atoms with Crippen LogP contribution in [0.3, 0.4) is 0 Å². The predicted molar refractivity (Wildman–Crippen MR) is 80.2 cm³/mol. The highest BCUT2D eigenvalue weighted by atomic mass is 16.5. The lowest BCUT2D eigenvalue weighted by molar-refractivity contribution is 0.0601. The van der Waals surface area contributed by atoms with Crippen molar-refractivity contribution in [3.05, 3.63) is 35.0 Å². The van der Waals surface area contributed by atoms with E-state index < -0.39 is 0 Å². The van der Waals surface area contributed by atoms with Crippen molar-refractivity contribution in [3.8, 4) is 0 Å². The van der Waals surface area contributed by atoms with Gasteiger partial charge in [-0.15, -0.1) is 0 Å². The largest absolute Gasteiger partial charge is 0.465 e. The molecule has 0 radical (unpaired) electrons. The second-order valence-corrected chi connectivity index (χ2v) is 5.76. The van der Waals surface area contributed by atoms with Gasteiger partial charge in [-0.05, 0) is 43.4 Å². The molecule has 0 unspecified atom stereocenters. The lowest BCUT2D eigenvalue weighted by Crippen LogP contribution is -2.01. The van der Waals surface area contributed by atoms with Crippen molar-refractivity contribution >= 4 is 16.9 Å². The van der Waals surface area contributed by atoms with Crippen LogP contribution in [0.1, 0.15) is 53.2 Å². The molecule has 2 aromatic rings. The normalized spacial score (nSPS) is 15.9. The van der Waals surface area contributed by atoms with Gasteiger partial charge in [0.15, 0.2) is 0 Å². The van der Waals surface area contributed by atoms with E-state index in [4.69, 9.17) is 4.74 Å². The van der Waals surface area contributed by atoms with Crippen molar-refractivity contribution in [2.45, 2.75) is 38.5 Å². The fraction of sp³-hybridized carbons (Fsp3) is 0.471. The molecular formula is C17H21NO2. The summed E-state index contributed by atoms with van der Waals surface area (Å²) in [4.78, 5) is 11.7. The molecule has 106 valence electrons. The monoisotopic (exact) mass is 271 g/mol. The molecule has 1 aliphatic rings. The Morgan fingerprint density at radius 2 is 2.00 bits per heavy atom. The minimum absolute atomic E-state index is 0.270. The van der Waals surface area contributed by atoms with E-state index in [1.54, 1.807) is 0 Å². The summed E-state index contributed by atoms with van der Waals surface area (Å²) in [5, 5.41) is 1.30. The summed E-state index contributed by atoms with van der Waals surface area (Å²) < 4.78 is 7.02. The summed E-state index contributed by atoms with van der Waals surface area (Å²) in [5.74, 6) is 0.413. The van der Waals surface area contributed by atoms with Crippen molar-refractivity contribution in [2.24, 2.45) is 7.05 Å². The first kappa shape index (κ1) is 13.2. The lowest BCUT2D eigenvalue weighted by atomic mass is 9.94. The Hall–Kier alpha value is -1.77. The van der Waals surface area contributed by atoms with Gasteiger partial charge in [-0.2, -0.15) is 0 Å². The van der Waals surface area contributed by atoms with Crippen LogP contribution in [0.2, 0.25) is 0 Å². The van der Waals surface area contributed by atoms with Gasteiger partial charge >= 0.3 is 5.97 Å². The Morgan fingerprint density at radius 1 is 1.30 bits per heavy atom. The van der Waals surface area contributed by atoms with Gasteiger partial charge in [0.2, 0.25) is 0 Å². The maximum atomic E-state index is 11.7. The molecule has 1 aromatic carbocycles. The maximum Gasteiger partial charge on any atom is 0.337 e. The highest BCUT2D eigenvalue weighted by molar-refractivity contribution is 5.96. The Labute approximate surface area is 119 Å². The quantitative estimate of drug-likeness (QED) is 0.775. The number of ether oxygens (including phenoxy) is 1. The molecule has 0 aliphatic heterocycles. The summed E-state index contributed by atoms with van der Waals surface area (Å²) in [6.45, 7) is 2.19. The van der Waals surface area contributed by atoms with Gasteiger partial charge in [0.1, 0.15) is 0 Å². The van der Waals surface area contributed by atoms with Crippen LogP contribution >= 0.6 is 0 Å². The number of benzene rings is 1. The van der Waals surface area contributed by atoms with Gasteiger partial charge in [-0.3, -0.25) is 0 Å². The van der Waals surface area contributed by atoms with E-state index in [-0.39, 0.29) is 5.97 Å². The van der Waals surface area contributed by atoms with Crippen molar-refractivity contribution < 1.29 is 9.53 Å². The second kappa shape index (κ2) is 4.97. The summed E-state index contributed by atoms with van der Waals surface area (Å²) in [6.07, 6.45) is 5.25. The van der Waals surface area contributed by atoms with Crippen molar-refractivity contribution in [3.63, 3.8) is 0 Å². The van der Waals surface area contributed by atoms with E-state index in [0.29, 0.717) is 11.5 Å². The van der Waals surface area contributed by atoms with Crippen molar-refractivity contribution in [1.29, 1.82) is 0 Å². The number of aryl methyl sites for hydroxylation is 1. The van der Waals surface area contributed by atoms with Crippen LogP contribution in [0, 0.1) is 6.92 Å². The number of nitrogens with zero attached hydrogens (tertiary/aromatic N) is 1. The number of hydrogen-bond acceptors (Lipinski definition) is 2. The zero-order valence-electron chi connectivity index (χ0n) is 12.4. The predicted octanol–water partition coefficient (Wildman–Crippen LogP) is 3.93. The molecule has 3 heteroatoms. The molecular weight excluding hydrogens is 250 g/mol. The fourth-order valence-electron chi connectivity index (χ4n) is 3.57. The summed E-state index contributed by atoms with van der Waals surface area (Å²) in [5.41, 5.74) is 4.57. The van der Waals surface area contributed by atoms with Gasteiger partial charge in [0, 0.05) is 23.6 Å². The van der Waals surface area contributed by atoms with Crippen LogP contribution < -0.4 is 0 Å². The van der Waals surface area contributed by atoms with E-state index in [0.717, 1.165) is 5.52 Å². The third kappa shape index (κ3) is 1.92. The molecule has 1 aromatic heterocycles. The molecule has 1 fully saturated rings. The summed E-state index contributed by atoms with van der Waals surface area (Å²) in [7, 11) is 3.50. The van der Waals surface area contributed by atoms with Gasteiger partial charge in [-0.25, -0.2) is 4.79 Å². The standard InChI is InChI=1S/C17H21NO2/c1-11-16(12-6-4-5-7-12)14-9-8-13(17(19)20-3)10-15(14)18(11)2/h8-10,12H,4-7H2,1-3H3. The average Bonchev–Trinajstić information content (AvgIpc) is 3.06. The topological polar surface area (TPSA) is 31.2 Å². The van der Waals surface area contributed by atoms with E-state index in [1.807, 2.05) is 12.1 Å².